The minimum Gasteiger partial charge on any atom is -0.478 e. The fourth-order valence-electron chi connectivity index (χ4n) is 2.97. The van der Waals surface area contributed by atoms with Gasteiger partial charge in [0.2, 0.25) is 0 Å². The number of nitrogens with zero attached hydrogens (tertiary/aromatic N) is 1. The number of aromatic carboxylic acids is 1. The van der Waals surface area contributed by atoms with Crippen LogP contribution in [-0.2, 0) is 11.3 Å². The molecular formula is C22H13BrClNO5S. The molecule has 0 unspecified atom stereocenters. The van der Waals surface area contributed by atoms with E-state index in [9.17, 15) is 14.4 Å². The molecule has 0 bridgehead atoms. The van der Waals surface area contributed by atoms with Crippen LogP contribution in [0.2, 0.25) is 5.02 Å². The molecule has 4 rings (SSSR count). The van der Waals surface area contributed by atoms with Crippen molar-refractivity contribution in [3.8, 4) is 11.3 Å². The zero-order chi connectivity index (χ0) is 22.1. The van der Waals surface area contributed by atoms with Gasteiger partial charge in [0.1, 0.15) is 11.5 Å². The summed E-state index contributed by atoms with van der Waals surface area (Å²) in [6, 6.07) is 15.2. The summed E-state index contributed by atoms with van der Waals surface area (Å²) in [7, 11) is 0. The summed E-state index contributed by atoms with van der Waals surface area (Å²) in [5.41, 5.74) is 1.43. The highest BCUT2D eigenvalue weighted by molar-refractivity contribution is 9.10. The fraction of sp³-hybridized carbons (Fsp3) is 0.0455. The predicted molar refractivity (Wildman–Crippen MR) is 122 cm³/mol. The molecule has 3 aromatic rings. The molecule has 1 aromatic heterocycles. The zero-order valence-corrected chi connectivity index (χ0v) is 18.8. The first-order chi connectivity index (χ1) is 14.8. The van der Waals surface area contributed by atoms with Crippen LogP contribution in [0.25, 0.3) is 17.4 Å². The van der Waals surface area contributed by atoms with Crippen LogP contribution in [0.5, 0.6) is 0 Å². The lowest BCUT2D eigenvalue weighted by Gasteiger charge is -2.12. The molecule has 2 aromatic carbocycles. The van der Waals surface area contributed by atoms with Crippen molar-refractivity contribution in [1.29, 1.82) is 0 Å². The van der Waals surface area contributed by atoms with Gasteiger partial charge in [-0.2, -0.15) is 0 Å². The monoisotopic (exact) mass is 517 g/mol. The molecule has 156 valence electrons. The number of rotatable bonds is 5. The molecule has 1 saturated heterocycles. The molecule has 2 heterocycles. The van der Waals surface area contributed by atoms with Gasteiger partial charge in [-0.05, 0) is 53.7 Å². The second-order valence-electron chi connectivity index (χ2n) is 6.60. The van der Waals surface area contributed by atoms with Crippen LogP contribution in [0.1, 0.15) is 21.7 Å². The van der Waals surface area contributed by atoms with Gasteiger partial charge in [0, 0.05) is 16.1 Å². The first kappa shape index (κ1) is 21.4. The first-order valence-corrected chi connectivity index (χ1v) is 10.9. The number of thioether (sulfide) groups is 1. The Morgan fingerprint density at radius 1 is 1.13 bits per heavy atom. The van der Waals surface area contributed by atoms with Crippen LogP contribution in [-0.4, -0.2) is 27.1 Å². The zero-order valence-electron chi connectivity index (χ0n) is 15.7. The van der Waals surface area contributed by atoms with Crippen LogP contribution >= 0.6 is 39.3 Å². The van der Waals surface area contributed by atoms with E-state index in [0.717, 1.165) is 21.8 Å². The lowest BCUT2D eigenvalue weighted by molar-refractivity contribution is -0.123. The molecule has 0 aliphatic carbocycles. The van der Waals surface area contributed by atoms with E-state index in [-0.39, 0.29) is 33.2 Å². The molecule has 1 N–H and O–H groups in total. The van der Waals surface area contributed by atoms with E-state index < -0.39 is 5.97 Å². The van der Waals surface area contributed by atoms with Gasteiger partial charge >= 0.3 is 5.97 Å². The first-order valence-electron chi connectivity index (χ1n) is 8.94. The number of halogens is 2. The Morgan fingerprint density at radius 3 is 2.55 bits per heavy atom. The molecule has 1 fully saturated rings. The predicted octanol–water partition coefficient (Wildman–Crippen LogP) is 6.30. The van der Waals surface area contributed by atoms with Crippen molar-refractivity contribution in [3.05, 3.63) is 85.9 Å². The Bertz CT molecular complexity index is 1230. The molecule has 1 aliphatic heterocycles. The van der Waals surface area contributed by atoms with Crippen molar-refractivity contribution in [3.63, 3.8) is 0 Å². The fourth-order valence-corrected chi connectivity index (χ4v) is 4.31. The minimum absolute atomic E-state index is 0.00311. The Kier molecular flexibility index (Phi) is 6.04. The molecule has 0 atom stereocenters. The highest BCUT2D eigenvalue weighted by Crippen LogP contribution is 2.35. The van der Waals surface area contributed by atoms with Crippen molar-refractivity contribution >= 4 is 62.5 Å². The number of carboxylic acids is 1. The molecule has 9 heteroatoms. The van der Waals surface area contributed by atoms with Gasteiger partial charge in [-0.15, -0.1) is 0 Å². The lowest BCUT2D eigenvalue weighted by Crippen LogP contribution is -2.27. The molecule has 0 spiro atoms. The summed E-state index contributed by atoms with van der Waals surface area (Å²) in [4.78, 5) is 37.6. The smallest absolute Gasteiger partial charge is 0.337 e. The number of carboxylic acid groups (broad SMARTS) is 1. The number of hydrogen-bond acceptors (Lipinski definition) is 5. The van der Waals surface area contributed by atoms with E-state index in [0.29, 0.717) is 17.1 Å². The Balaban J connectivity index is 1.53. The third-order valence-corrected chi connectivity index (χ3v) is 6.26. The molecule has 2 amide bonds. The van der Waals surface area contributed by atoms with Crippen LogP contribution in [0.15, 0.2) is 68.4 Å². The molecule has 0 radical (unpaired) electrons. The Labute approximate surface area is 194 Å². The molecule has 0 saturated carbocycles. The van der Waals surface area contributed by atoms with Gasteiger partial charge in [-0.3, -0.25) is 14.5 Å². The van der Waals surface area contributed by atoms with Crippen molar-refractivity contribution in [1.82, 2.24) is 4.90 Å². The molecule has 31 heavy (non-hydrogen) atoms. The summed E-state index contributed by atoms with van der Waals surface area (Å²) < 4.78 is 6.67. The van der Waals surface area contributed by atoms with Crippen LogP contribution in [0.3, 0.4) is 0 Å². The summed E-state index contributed by atoms with van der Waals surface area (Å²) >= 11 is 10.2. The van der Waals surface area contributed by atoms with Crippen LogP contribution in [0.4, 0.5) is 4.79 Å². The average Bonchev–Trinajstić information content (AvgIpc) is 3.29. The quantitative estimate of drug-likeness (QED) is 0.399. The lowest BCUT2D eigenvalue weighted by atomic mass is 10.1. The summed E-state index contributed by atoms with van der Waals surface area (Å²) in [6.07, 6.45) is 1.52. The maximum Gasteiger partial charge on any atom is 0.337 e. The van der Waals surface area contributed by atoms with E-state index in [2.05, 4.69) is 15.9 Å². The van der Waals surface area contributed by atoms with E-state index in [1.165, 1.54) is 23.1 Å². The molecule has 1 aliphatic rings. The van der Waals surface area contributed by atoms with Crippen molar-refractivity contribution in [2.45, 2.75) is 6.54 Å². The Morgan fingerprint density at radius 2 is 1.87 bits per heavy atom. The second-order valence-corrected chi connectivity index (χ2v) is 8.91. The van der Waals surface area contributed by atoms with E-state index in [4.69, 9.17) is 21.1 Å². The largest absolute Gasteiger partial charge is 0.478 e. The number of hydrogen-bond donors (Lipinski definition) is 1. The maximum absolute atomic E-state index is 12.7. The number of imide groups is 1. The van der Waals surface area contributed by atoms with Gasteiger partial charge in [-0.1, -0.05) is 45.7 Å². The van der Waals surface area contributed by atoms with Crippen molar-refractivity contribution in [2.24, 2.45) is 0 Å². The van der Waals surface area contributed by atoms with Crippen molar-refractivity contribution < 1.29 is 23.9 Å². The third kappa shape index (κ3) is 4.61. The van der Waals surface area contributed by atoms with Gasteiger partial charge < -0.3 is 9.52 Å². The standard InChI is InChI=1S/C22H13BrClNO5S/c23-14-4-1-12(2-5-14)11-25-20(26)19(31-22(25)29)10-15-6-8-18(30-15)13-3-7-16(21(27)28)17(24)9-13/h1-10H,11H2,(H,27,28)/b19-10-. The van der Waals surface area contributed by atoms with Crippen LogP contribution in [0, 0.1) is 0 Å². The van der Waals surface area contributed by atoms with E-state index >= 15 is 0 Å². The highest BCUT2D eigenvalue weighted by atomic mass is 79.9. The van der Waals surface area contributed by atoms with E-state index in [1.807, 2.05) is 24.3 Å². The number of carbonyl (C=O) groups is 3. The number of amides is 2. The minimum atomic E-state index is -1.12. The normalized spacial score (nSPS) is 15.2. The maximum atomic E-state index is 12.7. The second kappa shape index (κ2) is 8.74. The number of benzene rings is 2. The summed E-state index contributed by atoms with van der Waals surface area (Å²) in [6.45, 7) is 0.188. The summed E-state index contributed by atoms with van der Waals surface area (Å²) in [5, 5.41) is 8.83. The number of carbonyl (C=O) groups excluding carboxylic acids is 2. The van der Waals surface area contributed by atoms with Gasteiger partial charge in [0.05, 0.1) is 22.0 Å². The SMILES string of the molecule is O=C(O)c1ccc(-c2ccc(/C=C3\SC(=O)N(Cc4ccc(Br)cc4)C3=O)o2)cc1Cl. The van der Waals surface area contributed by atoms with E-state index in [1.54, 1.807) is 18.2 Å². The summed E-state index contributed by atoms with van der Waals surface area (Å²) in [5.74, 6) is -0.651. The average molecular weight is 519 g/mol. The molecule has 6 nitrogen and oxygen atoms in total. The van der Waals surface area contributed by atoms with Gasteiger partial charge in [0.25, 0.3) is 11.1 Å². The van der Waals surface area contributed by atoms with Gasteiger partial charge in [0.15, 0.2) is 0 Å². The molecular weight excluding hydrogens is 506 g/mol. The van der Waals surface area contributed by atoms with Crippen LogP contribution < -0.4 is 0 Å². The third-order valence-electron chi connectivity index (χ3n) is 4.51. The van der Waals surface area contributed by atoms with Crippen molar-refractivity contribution in [2.75, 3.05) is 0 Å². The topological polar surface area (TPSA) is 87.8 Å². The van der Waals surface area contributed by atoms with Gasteiger partial charge in [-0.25, -0.2) is 4.79 Å². The highest BCUT2D eigenvalue weighted by Gasteiger charge is 2.35. The Hall–Kier alpha value is -2.81. The number of furan rings is 1.